The highest BCUT2D eigenvalue weighted by molar-refractivity contribution is 5.80. The van der Waals surface area contributed by atoms with E-state index in [9.17, 15) is 25.2 Å². The van der Waals surface area contributed by atoms with Gasteiger partial charge in [0.2, 0.25) is 5.91 Å². The third-order valence-corrected chi connectivity index (χ3v) is 9.32. The van der Waals surface area contributed by atoms with Crippen LogP contribution in [0.1, 0.15) is 206 Å². The number of aliphatic hydroxyl groups is 4. The highest BCUT2D eigenvalue weighted by atomic mass is 16.3. The van der Waals surface area contributed by atoms with Crippen molar-refractivity contribution in [3.05, 3.63) is 0 Å². The first-order valence-electron chi connectivity index (χ1n) is 19.4. The molecule has 6 heteroatoms. The Hall–Kier alpha value is -0.690. The van der Waals surface area contributed by atoms with Crippen molar-refractivity contribution in [1.82, 2.24) is 5.32 Å². The summed E-state index contributed by atoms with van der Waals surface area (Å²) in [5, 5.41) is 43.4. The van der Waals surface area contributed by atoms with Crippen LogP contribution in [0.4, 0.5) is 0 Å². The fraction of sp³-hybridized carbons (Fsp3) is 0.974. The van der Waals surface area contributed by atoms with Gasteiger partial charge in [-0.2, -0.15) is 0 Å². The first-order valence-corrected chi connectivity index (χ1v) is 19.4. The molecule has 0 saturated heterocycles. The normalized spacial score (nSPS) is 14.4. The number of amides is 1. The van der Waals surface area contributed by atoms with Crippen LogP contribution in [0.25, 0.3) is 0 Å². The minimum absolute atomic E-state index is 0.373. The van der Waals surface area contributed by atoms with E-state index in [0.29, 0.717) is 12.8 Å². The Bertz CT molecular complexity index is 590. The van der Waals surface area contributed by atoms with Gasteiger partial charge in [0.05, 0.1) is 18.8 Å². The van der Waals surface area contributed by atoms with Crippen LogP contribution in [0, 0.1) is 0 Å². The SMILES string of the molecule is CCCCCCCCCCCCCCCCCCCCCC(O)C(O)C(CO)NC(=O)C(O)CCCCCCCCCCC. The zero-order valence-corrected chi connectivity index (χ0v) is 29.4. The van der Waals surface area contributed by atoms with E-state index >= 15 is 0 Å². The number of carbonyl (C=O) groups excluding carboxylic acids is 1. The molecule has 0 heterocycles. The van der Waals surface area contributed by atoms with Crippen molar-refractivity contribution >= 4 is 5.91 Å². The van der Waals surface area contributed by atoms with Crippen LogP contribution in [0.5, 0.6) is 0 Å². The highest BCUT2D eigenvalue weighted by Gasteiger charge is 2.28. The molecule has 0 spiro atoms. The van der Waals surface area contributed by atoms with E-state index in [1.807, 2.05) is 0 Å². The van der Waals surface area contributed by atoms with Gasteiger partial charge in [-0.3, -0.25) is 4.79 Å². The number of rotatable bonds is 35. The summed E-state index contributed by atoms with van der Waals surface area (Å²) in [6.07, 6.45) is 32.8. The van der Waals surface area contributed by atoms with Crippen molar-refractivity contribution < 1.29 is 25.2 Å². The summed E-state index contributed by atoms with van der Waals surface area (Å²) in [5.41, 5.74) is 0. The number of hydrogen-bond acceptors (Lipinski definition) is 5. The Morgan fingerprint density at radius 3 is 1.09 bits per heavy atom. The summed E-state index contributed by atoms with van der Waals surface area (Å²) in [6.45, 7) is 4.02. The summed E-state index contributed by atoms with van der Waals surface area (Å²) in [4.78, 5) is 12.4. The van der Waals surface area contributed by atoms with E-state index in [1.54, 1.807) is 0 Å². The Balaban J connectivity index is 3.71. The molecule has 4 atom stereocenters. The standard InChI is InChI=1S/C38H77NO5/c1-3-5-7-9-11-13-14-15-16-17-18-19-20-21-22-24-25-27-29-31-35(41)37(43)34(33-40)39-38(44)36(42)32-30-28-26-23-12-10-8-6-4-2/h34-37,40-43H,3-33H2,1-2H3,(H,39,44). The minimum atomic E-state index is -1.25. The summed E-state index contributed by atoms with van der Waals surface area (Å²) < 4.78 is 0. The quantitative estimate of drug-likeness (QED) is 0.0450. The van der Waals surface area contributed by atoms with Crippen LogP contribution in [0.15, 0.2) is 0 Å². The van der Waals surface area contributed by atoms with Crippen molar-refractivity contribution in [2.24, 2.45) is 0 Å². The molecule has 0 aliphatic rings. The van der Waals surface area contributed by atoms with Gasteiger partial charge in [0.15, 0.2) is 0 Å². The molecular weight excluding hydrogens is 550 g/mol. The molecule has 1 amide bonds. The zero-order valence-electron chi connectivity index (χ0n) is 29.4. The van der Waals surface area contributed by atoms with E-state index in [4.69, 9.17) is 0 Å². The molecule has 6 nitrogen and oxygen atoms in total. The predicted molar refractivity (Wildman–Crippen MR) is 187 cm³/mol. The molecule has 0 aromatic heterocycles. The number of unbranched alkanes of at least 4 members (excludes halogenated alkanes) is 26. The highest BCUT2D eigenvalue weighted by Crippen LogP contribution is 2.16. The number of hydrogen-bond donors (Lipinski definition) is 5. The summed E-state index contributed by atoms with van der Waals surface area (Å²) >= 11 is 0. The second-order valence-corrected chi connectivity index (χ2v) is 13.6. The van der Waals surface area contributed by atoms with Crippen molar-refractivity contribution in [2.45, 2.75) is 231 Å². The van der Waals surface area contributed by atoms with Gasteiger partial charge in [-0.05, 0) is 12.8 Å². The lowest BCUT2D eigenvalue weighted by atomic mass is 9.99. The van der Waals surface area contributed by atoms with Gasteiger partial charge in [-0.1, -0.05) is 194 Å². The van der Waals surface area contributed by atoms with E-state index in [1.165, 1.54) is 141 Å². The van der Waals surface area contributed by atoms with Crippen LogP contribution in [0.3, 0.4) is 0 Å². The zero-order chi connectivity index (χ0) is 32.5. The summed E-state index contributed by atoms with van der Waals surface area (Å²) in [5.74, 6) is -0.585. The minimum Gasteiger partial charge on any atom is -0.394 e. The van der Waals surface area contributed by atoms with Crippen molar-refractivity contribution in [3.8, 4) is 0 Å². The maximum Gasteiger partial charge on any atom is 0.249 e. The van der Waals surface area contributed by atoms with Crippen LogP contribution >= 0.6 is 0 Å². The lowest BCUT2D eigenvalue weighted by Crippen LogP contribution is -2.53. The predicted octanol–water partition coefficient (Wildman–Crippen LogP) is 9.29. The Morgan fingerprint density at radius 1 is 0.477 bits per heavy atom. The lowest BCUT2D eigenvalue weighted by molar-refractivity contribution is -0.132. The van der Waals surface area contributed by atoms with Crippen LogP contribution in [-0.2, 0) is 4.79 Å². The molecule has 5 N–H and O–H groups in total. The smallest absolute Gasteiger partial charge is 0.249 e. The van der Waals surface area contributed by atoms with Gasteiger partial charge in [0.25, 0.3) is 0 Å². The monoisotopic (exact) mass is 628 g/mol. The molecule has 0 radical (unpaired) electrons. The summed E-state index contributed by atoms with van der Waals surface area (Å²) in [7, 11) is 0. The molecule has 264 valence electrons. The fourth-order valence-electron chi connectivity index (χ4n) is 6.17. The van der Waals surface area contributed by atoms with Gasteiger partial charge in [0.1, 0.15) is 12.2 Å². The Morgan fingerprint density at radius 2 is 0.773 bits per heavy atom. The van der Waals surface area contributed by atoms with Crippen LogP contribution < -0.4 is 5.32 Å². The van der Waals surface area contributed by atoms with E-state index in [2.05, 4.69) is 19.2 Å². The van der Waals surface area contributed by atoms with Crippen molar-refractivity contribution in [2.75, 3.05) is 6.61 Å². The summed E-state index contributed by atoms with van der Waals surface area (Å²) in [6, 6.07) is -0.976. The first kappa shape index (κ1) is 43.3. The molecule has 0 aromatic carbocycles. The molecule has 0 aromatic rings. The average molecular weight is 628 g/mol. The van der Waals surface area contributed by atoms with E-state index in [0.717, 1.165) is 38.5 Å². The van der Waals surface area contributed by atoms with Crippen LogP contribution in [-0.4, -0.2) is 57.3 Å². The van der Waals surface area contributed by atoms with E-state index < -0.39 is 36.9 Å². The Kier molecular flexibility index (Phi) is 33.1. The first-order chi connectivity index (χ1) is 21.5. The molecule has 0 aliphatic heterocycles. The maximum absolute atomic E-state index is 12.4. The van der Waals surface area contributed by atoms with Gasteiger partial charge >= 0.3 is 0 Å². The number of nitrogens with one attached hydrogen (secondary N) is 1. The second kappa shape index (κ2) is 33.7. The molecule has 0 rings (SSSR count). The fourth-order valence-corrected chi connectivity index (χ4v) is 6.17. The van der Waals surface area contributed by atoms with Gasteiger partial charge in [-0.15, -0.1) is 0 Å². The topological polar surface area (TPSA) is 110 Å². The van der Waals surface area contributed by atoms with Gasteiger partial charge < -0.3 is 25.7 Å². The second-order valence-electron chi connectivity index (χ2n) is 13.6. The van der Waals surface area contributed by atoms with E-state index in [-0.39, 0.29) is 0 Å². The maximum atomic E-state index is 12.4. The molecule has 0 fully saturated rings. The van der Waals surface area contributed by atoms with Crippen molar-refractivity contribution in [3.63, 3.8) is 0 Å². The third kappa shape index (κ3) is 27.6. The van der Waals surface area contributed by atoms with Gasteiger partial charge in [0, 0.05) is 0 Å². The molecular formula is C38H77NO5. The average Bonchev–Trinajstić information content (AvgIpc) is 3.03. The van der Waals surface area contributed by atoms with Gasteiger partial charge in [-0.25, -0.2) is 0 Å². The lowest BCUT2D eigenvalue weighted by Gasteiger charge is -2.27. The van der Waals surface area contributed by atoms with Crippen LogP contribution in [0.2, 0.25) is 0 Å². The molecule has 4 unspecified atom stereocenters. The molecule has 44 heavy (non-hydrogen) atoms. The number of carbonyl (C=O) groups is 1. The number of aliphatic hydroxyl groups excluding tert-OH is 4. The third-order valence-electron chi connectivity index (χ3n) is 9.32. The van der Waals surface area contributed by atoms with Crippen molar-refractivity contribution in [1.29, 1.82) is 0 Å². The largest absolute Gasteiger partial charge is 0.394 e. The molecule has 0 saturated carbocycles. The molecule has 0 bridgehead atoms. The molecule has 0 aliphatic carbocycles. The Labute approximate surface area is 273 Å².